The summed E-state index contributed by atoms with van der Waals surface area (Å²) in [5.74, 6) is -1.19. The summed E-state index contributed by atoms with van der Waals surface area (Å²) in [4.78, 5) is 39.9. The van der Waals surface area contributed by atoms with Crippen LogP contribution in [0.1, 0.15) is 41.3 Å². The normalized spacial score (nSPS) is 21.1. The first-order valence-corrected chi connectivity index (χ1v) is 9.87. The predicted octanol–water partition coefficient (Wildman–Crippen LogP) is 4.40. The number of rotatable bonds is 3. The van der Waals surface area contributed by atoms with Gasteiger partial charge in [-0.3, -0.25) is 19.3 Å². The number of hydrogen-bond acceptors (Lipinski definition) is 3. The van der Waals surface area contributed by atoms with Crippen molar-refractivity contribution in [2.24, 2.45) is 11.8 Å². The Hall–Kier alpha value is -3.21. The lowest BCUT2D eigenvalue weighted by molar-refractivity contribution is -0.122. The standard InChI is InChI=1S/C24H24N2O3/c1-14-8-10-19-20(11-14)24(29)26(23(19)28)18-6-4-5-17(13-18)22(27)25-21-12-15(2)7-9-16(21)3/h4-9,12-13,19-20H,10-11H2,1-3H3,(H,25,27)/t19-,20-/m1/s1. The molecule has 2 aliphatic rings. The number of benzene rings is 2. The molecule has 0 unspecified atom stereocenters. The van der Waals surface area contributed by atoms with Gasteiger partial charge in [0.25, 0.3) is 5.91 Å². The highest BCUT2D eigenvalue weighted by Crippen LogP contribution is 2.39. The van der Waals surface area contributed by atoms with E-state index in [0.717, 1.165) is 22.4 Å². The molecule has 0 radical (unpaired) electrons. The van der Waals surface area contributed by atoms with Gasteiger partial charge >= 0.3 is 0 Å². The van der Waals surface area contributed by atoms with Crippen LogP contribution in [0.2, 0.25) is 0 Å². The molecule has 2 atom stereocenters. The summed E-state index contributed by atoms with van der Waals surface area (Å²) >= 11 is 0. The first-order valence-electron chi connectivity index (χ1n) is 9.87. The fourth-order valence-electron chi connectivity index (χ4n) is 4.14. The molecule has 0 aromatic heterocycles. The quantitative estimate of drug-likeness (QED) is 0.626. The highest BCUT2D eigenvalue weighted by molar-refractivity contribution is 6.22. The van der Waals surface area contributed by atoms with Gasteiger partial charge in [0.15, 0.2) is 0 Å². The van der Waals surface area contributed by atoms with E-state index in [1.165, 1.54) is 4.90 Å². The van der Waals surface area contributed by atoms with E-state index in [1.54, 1.807) is 24.3 Å². The maximum Gasteiger partial charge on any atom is 0.255 e. The second-order valence-electron chi connectivity index (χ2n) is 8.04. The zero-order chi connectivity index (χ0) is 20.7. The van der Waals surface area contributed by atoms with Gasteiger partial charge in [-0.2, -0.15) is 0 Å². The maximum absolute atomic E-state index is 12.9. The predicted molar refractivity (Wildman–Crippen MR) is 113 cm³/mol. The molecular formula is C24H24N2O3. The molecule has 1 fully saturated rings. The molecule has 4 rings (SSSR count). The van der Waals surface area contributed by atoms with Crippen molar-refractivity contribution in [2.75, 3.05) is 10.2 Å². The fourth-order valence-corrected chi connectivity index (χ4v) is 4.14. The minimum absolute atomic E-state index is 0.167. The molecule has 29 heavy (non-hydrogen) atoms. The zero-order valence-electron chi connectivity index (χ0n) is 16.9. The monoisotopic (exact) mass is 388 g/mol. The third-order valence-electron chi connectivity index (χ3n) is 5.83. The number of carbonyl (C=O) groups is 3. The van der Waals surface area contributed by atoms with Crippen molar-refractivity contribution < 1.29 is 14.4 Å². The van der Waals surface area contributed by atoms with Crippen molar-refractivity contribution in [3.63, 3.8) is 0 Å². The van der Waals surface area contributed by atoms with Gasteiger partial charge in [0, 0.05) is 11.3 Å². The van der Waals surface area contributed by atoms with Crippen molar-refractivity contribution in [2.45, 2.75) is 33.6 Å². The van der Waals surface area contributed by atoms with Gasteiger partial charge in [0.1, 0.15) is 0 Å². The fraction of sp³-hybridized carbons (Fsp3) is 0.292. The molecule has 0 spiro atoms. The van der Waals surface area contributed by atoms with Crippen molar-refractivity contribution >= 4 is 29.1 Å². The third kappa shape index (κ3) is 3.48. The lowest BCUT2D eigenvalue weighted by atomic mass is 9.82. The third-order valence-corrected chi connectivity index (χ3v) is 5.83. The van der Waals surface area contributed by atoms with Gasteiger partial charge in [-0.25, -0.2) is 0 Å². The number of hydrogen-bond donors (Lipinski definition) is 1. The average Bonchev–Trinajstić information content (AvgIpc) is 2.94. The Labute approximate surface area is 170 Å². The van der Waals surface area contributed by atoms with Crippen LogP contribution in [0.25, 0.3) is 0 Å². The molecule has 5 nitrogen and oxygen atoms in total. The Bertz CT molecular complexity index is 1050. The van der Waals surface area contributed by atoms with E-state index in [0.29, 0.717) is 24.1 Å². The molecule has 0 bridgehead atoms. The average molecular weight is 388 g/mol. The van der Waals surface area contributed by atoms with Gasteiger partial charge in [-0.15, -0.1) is 0 Å². The van der Waals surface area contributed by atoms with Crippen molar-refractivity contribution in [3.05, 3.63) is 70.8 Å². The molecule has 0 saturated carbocycles. The van der Waals surface area contributed by atoms with E-state index >= 15 is 0 Å². The SMILES string of the molecule is CC1=CC[C@H]2C(=O)N(c3cccc(C(=O)Nc4cc(C)ccc4C)c3)C(=O)[C@@H]2C1. The molecular weight excluding hydrogens is 364 g/mol. The first-order chi connectivity index (χ1) is 13.8. The van der Waals surface area contributed by atoms with Gasteiger partial charge in [-0.1, -0.05) is 29.8 Å². The Morgan fingerprint density at radius 2 is 1.76 bits per heavy atom. The Kier molecular flexibility index (Phi) is 4.82. The summed E-state index contributed by atoms with van der Waals surface area (Å²) in [5.41, 5.74) is 4.79. The number of amides is 3. The number of allylic oxidation sites excluding steroid dienone is 2. The van der Waals surface area contributed by atoms with Crippen LogP contribution in [-0.4, -0.2) is 17.7 Å². The number of imide groups is 1. The molecule has 1 heterocycles. The van der Waals surface area contributed by atoms with Crippen molar-refractivity contribution in [1.29, 1.82) is 0 Å². The molecule has 1 saturated heterocycles. The van der Waals surface area contributed by atoms with Crippen LogP contribution >= 0.6 is 0 Å². The van der Waals surface area contributed by atoms with Crippen molar-refractivity contribution in [3.8, 4) is 0 Å². The van der Waals surface area contributed by atoms with Gasteiger partial charge in [-0.05, 0) is 69.0 Å². The first kappa shape index (κ1) is 19.1. The Balaban J connectivity index is 1.59. The summed E-state index contributed by atoms with van der Waals surface area (Å²) in [6.45, 7) is 5.90. The second kappa shape index (κ2) is 7.32. The van der Waals surface area contributed by atoms with E-state index in [-0.39, 0.29) is 29.6 Å². The van der Waals surface area contributed by atoms with Crippen LogP contribution in [0.15, 0.2) is 54.1 Å². The number of carbonyl (C=O) groups excluding carboxylic acids is 3. The molecule has 1 aliphatic carbocycles. The Morgan fingerprint density at radius 3 is 2.55 bits per heavy atom. The topological polar surface area (TPSA) is 66.5 Å². The van der Waals surface area contributed by atoms with Crippen LogP contribution in [0.5, 0.6) is 0 Å². The van der Waals surface area contributed by atoms with Gasteiger partial charge in [0.2, 0.25) is 11.8 Å². The molecule has 1 N–H and O–H groups in total. The second-order valence-corrected chi connectivity index (χ2v) is 8.04. The lowest BCUT2D eigenvalue weighted by Crippen LogP contribution is -2.31. The summed E-state index contributed by atoms with van der Waals surface area (Å²) < 4.78 is 0. The van der Waals surface area contributed by atoms with E-state index in [1.807, 2.05) is 45.0 Å². The summed E-state index contributed by atoms with van der Waals surface area (Å²) in [7, 11) is 0. The van der Waals surface area contributed by atoms with E-state index in [9.17, 15) is 14.4 Å². The summed E-state index contributed by atoms with van der Waals surface area (Å²) in [6.07, 6.45) is 3.27. The molecule has 148 valence electrons. The van der Waals surface area contributed by atoms with Crippen LogP contribution in [0, 0.1) is 25.7 Å². The van der Waals surface area contributed by atoms with Gasteiger partial charge < -0.3 is 5.32 Å². The van der Waals surface area contributed by atoms with Crippen LogP contribution in [-0.2, 0) is 9.59 Å². The minimum Gasteiger partial charge on any atom is -0.322 e. The molecule has 2 aromatic carbocycles. The van der Waals surface area contributed by atoms with Crippen molar-refractivity contribution in [1.82, 2.24) is 0 Å². The van der Waals surface area contributed by atoms with Crippen LogP contribution < -0.4 is 10.2 Å². The minimum atomic E-state index is -0.293. The number of fused-ring (bicyclic) bond motifs is 1. The number of nitrogens with one attached hydrogen (secondary N) is 1. The van der Waals surface area contributed by atoms with Crippen LogP contribution in [0.3, 0.4) is 0 Å². The number of anilines is 2. The molecule has 1 aliphatic heterocycles. The Morgan fingerprint density at radius 1 is 1.00 bits per heavy atom. The summed E-state index contributed by atoms with van der Waals surface area (Å²) in [6, 6.07) is 12.6. The number of nitrogens with zero attached hydrogens (tertiary/aromatic N) is 1. The lowest BCUT2D eigenvalue weighted by Gasteiger charge is -2.18. The maximum atomic E-state index is 12.9. The van der Waals surface area contributed by atoms with Crippen LogP contribution in [0.4, 0.5) is 11.4 Å². The summed E-state index contributed by atoms with van der Waals surface area (Å²) in [5, 5.41) is 2.93. The molecule has 2 aromatic rings. The van der Waals surface area contributed by atoms with Gasteiger partial charge in [0.05, 0.1) is 17.5 Å². The molecule has 3 amide bonds. The van der Waals surface area contributed by atoms with E-state index in [4.69, 9.17) is 0 Å². The smallest absolute Gasteiger partial charge is 0.255 e. The zero-order valence-corrected chi connectivity index (χ0v) is 16.9. The highest BCUT2D eigenvalue weighted by Gasteiger charge is 2.48. The molecule has 5 heteroatoms. The number of aryl methyl sites for hydroxylation is 2. The largest absolute Gasteiger partial charge is 0.322 e. The van der Waals surface area contributed by atoms with E-state index < -0.39 is 0 Å². The van der Waals surface area contributed by atoms with E-state index in [2.05, 4.69) is 5.32 Å². The highest BCUT2D eigenvalue weighted by atomic mass is 16.2.